The van der Waals surface area contributed by atoms with E-state index in [1.807, 2.05) is 6.08 Å². The number of carbonyl (C=O) groups is 5. The van der Waals surface area contributed by atoms with E-state index >= 15 is 0 Å². The van der Waals surface area contributed by atoms with Crippen LogP contribution in [0.2, 0.25) is 0 Å². The summed E-state index contributed by atoms with van der Waals surface area (Å²) in [5, 5.41) is 11.4. The minimum atomic E-state index is -2.01. The molecule has 4 amide bonds. The smallest absolute Gasteiger partial charge is 0.254 e. The molecule has 8 nitrogen and oxygen atoms in total. The molecule has 6 rings (SSSR count). The van der Waals surface area contributed by atoms with Crippen LogP contribution in [0.15, 0.2) is 66.8 Å². The Morgan fingerprint density at radius 3 is 2.40 bits per heavy atom. The number of aromatic hydroxyl groups is 1. The number of phenolic OH excluding ortho intramolecular Hbond substituents is 1. The highest BCUT2D eigenvalue weighted by molar-refractivity contribution is 9.09. The zero-order chi connectivity index (χ0) is 31.0. The van der Waals surface area contributed by atoms with Gasteiger partial charge in [-0.05, 0) is 61.9 Å². The number of anilines is 1. The number of rotatable bonds is 6. The summed E-state index contributed by atoms with van der Waals surface area (Å²) < 4.78 is 0. The van der Waals surface area contributed by atoms with Gasteiger partial charge in [-0.1, -0.05) is 51.9 Å². The van der Waals surface area contributed by atoms with Gasteiger partial charge in [0.15, 0.2) is 15.5 Å². The molecule has 2 aromatic carbocycles. The normalized spacial score (nSPS) is 31.5. The molecule has 2 aromatic rings. The van der Waals surface area contributed by atoms with E-state index in [2.05, 4.69) is 22.5 Å². The molecule has 0 spiro atoms. The van der Waals surface area contributed by atoms with Gasteiger partial charge in [0, 0.05) is 17.0 Å². The number of carbonyl (C=O) groups excluding carboxylic acids is 5. The number of benzene rings is 2. The maximum Gasteiger partial charge on any atom is 0.254 e. The molecule has 2 heterocycles. The number of imide groups is 2. The highest BCUT2D eigenvalue weighted by Crippen LogP contribution is 2.66. The zero-order valence-corrected chi connectivity index (χ0v) is 26.2. The molecule has 11 heteroatoms. The number of amides is 4. The standard InChI is InChI=1S/C32H27BrCl2N2O6/c1-3-5-18-6-4-7-22(26(18)39)25-20-12-13-21-24(23(20)14-31(34)29(42)36(15-33)30(43)32(25,31)35)28(41)37(27(21)40)19-10-8-17(9-11-19)16(2)38/h3-4,6-12,21,23-25,39H,1,5,13-15H2,2H3. The van der Waals surface area contributed by atoms with Crippen molar-refractivity contribution in [2.45, 2.75) is 41.9 Å². The van der Waals surface area contributed by atoms with Gasteiger partial charge in [0.05, 0.1) is 23.0 Å². The molecule has 43 heavy (non-hydrogen) atoms. The van der Waals surface area contributed by atoms with Crippen molar-refractivity contribution < 1.29 is 29.1 Å². The quantitative estimate of drug-likeness (QED) is 0.146. The Labute approximate surface area is 266 Å². The molecule has 2 aliphatic carbocycles. The minimum Gasteiger partial charge on any atom is -0.507 e. The summed E-state index contributed by atoms with van der Waals surface area (Å²) in [5.41, 5.74) is 2.08. The van der Waals surface area contributed by atoms with E-state index in [-0.39, 0.29) is 29.8 Å². The largest absolute Gasteiger partial charge is 0.507 e. The van der Waals surface area contributed by atoms with Gasteiger partial charge in [-0.15, -0.1) is 29.8 Å². The van der Waals surface area contributed by atoms with Crippen LogP contribution in [-0.2, 0) is 25.6 Å². The van der Waals surface area contributed by atoms with Crippen molar-refractivity contribution in [3.63, 3.8) is 0 Å². The number of ketones is 1. The van der Waals surface area contributed by atoms with Crippen LogP contribution < -0.4 is 4.90 Å². The first-order chi connectivity index (χ1) is 20.4. The van der Waals surface area contributed by atoms with E-state index in [0.717, 1.165) is 9.80 Å². The van der Waals surface area contributed by atoms with Gasteiger partial charge in [-0.2, -0.15) is 0 Å². The number of nitrogens with zero attached hydrogens (tertiary/aromatic N) is 2. The van der Waals surface area contributed by atoms with E-state index in [1.54, 1.807) is 48.5 Å². The Balaban J connectivity index is 1.51. The van der Waals surface area contributed by atoms with Gasteiger partial charge in [0.25, 0.3) is 11.8 Å². The lowest BCUT2D eigenvalue weighted by Crippen LogP contribution is -2.60. The summed E-state index contributed by atoms with van der Waals surface area (Å²) in [5.74, 6) is -5.89. The van der Waals surface area contributed by atoms with Crippen LogP contribution in [0.1, 0.15) is 47.2 Å². The lowest BCUT2D eigenvalue weighted by molar-refractivity contribution is -0.138. The third-order valence-electron chi connectivity index (χ3n) is 9.37. The average molecular weight is 686 g/mol. The molecule has 0 aromatic heterocycles. The number of hydrogen-bond donors (Lipinski definition) is 1. The molecule has 0 radical (unpaired) electrons. The molecule has 4 aliphatic rings. The fraction of sp³-hybridized carbons (Fsp3) is 0.344. The number of alkyl halides is 3. The molecule has 1 saturated carbocycles. The number of para-hydroxylation sites is 1. The Morgan fingerprint density at radius 2 is 1.77 bits per heavy atom. The fourth-order valence-electron chi connectivity index (χ4n) is 7.36. The van der Waals surface area contributed by atoms with Crippen molar-refractivity contribution in [2.24, 2.45) is 17.8 Å². The number of likely N-dealkylation sites (tertiary alicyclic amines) is 1. The third kappa shape index (κ3) is 3.97. The van der Waals surface area contributed by atoms with Crippen LogP contribution >= 0.6 is 39.1 Å². The van der Waals surface area contributed by atoms with Crippen LogP contribution in [0.5, 0.6) is 5.75 Å². The van der Waals surface area contributed by atoms with E-state index in [1.165, 1.54) is 6.92 Å². The van der Waals surface area contributed by atoms with Crippen LogP contribution in [0.4, 0.5) is 5.69 Å². The van der Waals surface area contributed by atoms with Crippen molar-refractivity contribution in [1.82, 2.24) is 4.90 Å². The zero-order valence-electron chi connectivity index (χ0n) is 23.1. The Bertz CT molecular complexity index is 1660. The van der Waals surface area contributed by atoms with Gasteiger partial charge < -0.3 is 5.11 Å². The van der Waals surface area contributed by atoms with Crippen molar-refractivity contribution in [3.05, 3.63) is 83.5 Å². The molecular weight excluding hydrogens is 659 g/mol. The van der Waals surface area contributed by atoms with Gasteiger partial charge in [0.2, 0.25) is 11.8 Å². The van der Waals surface area contributed by atoms with Crippen LogP contribution in [0.25, 0.3) is 0 Å². The second-order valence-corrected chi connectivity index (χ2v) is 13.2. The summed E-state index contributed by atoms with van der Waals surface area (Å²) in [6, 6.07) is 11.3. The molecule has 222 valence electrons. The lowest BCUT2D eigenvalue weighted by Gasteiger charge is -2.50. The molecule has 2 aliphatic heterocycles. The highest BCUT2D eigenvalue weighted by Gasteiger charge is 2.76. The van der Waals surface area contributed by atoms with Gasteiger partial charge >= 0.3 is 0 Å². The molecule has 0 bridgehead atoms. The lowest BCUT2D eigenvalue weighted by atomic mass is 9.56. The SMILES string of the molecule is C=CCc1cccc(C2C3=CCC4C(=O)N(c5ccc(C(C)=O)cc5)C(=O)C4C3CC3(Cl)C(=O)N(CBr)C(=O)C23Cl)c1O. The summed E-state index contributed by atoms with van der Waals surface area (Å²) >= 11 is 17.7. The third-order valence-corrected chi connectivity index (χ3v) is 11.3. The van der Waals surface area contributed by atoms with Crippen molar-refractivity contribution in [3.8, 4) is 5.75 Å². The van der Waals surface area contributed by atoms with Crippen molar-refractivity contribution in [2.75, 3.05) is 10.4 Å². The van der Waals surface area contributed by atoms with Crippen molar-refractivity contribution in [1.29, 1.82) is 0 Å². The van der Waals surface area contributed by atoms with Gasteiger partial charge in [0.1, 0.15) is 5.75 Å². The summed E-state index contributed by atoms with van der Waals surface area (Å²) in [6.07, 6.45) is 3.83. The van der Waals surface area contributed by atoms with E-state index in [9.17, 15) is 29.1 Å². The average Bonchev–Trinajstić information content (AvgIpc) is 3.32. The molecule has 3 fully saturated rings. The van der Waals surface area contributed by atoms with Gasteiger partial charge in [-0.3, -0.25) is 33.8 Å². The number of phenols is 1. The maximum absolute atomic E-state index is 14.1. The van der Waals surface area contributed by atoms with Crippen molar-refractivity contribution >= 4 is 74.2 Å². The highest BCUT2D eigenvalue weighted by atomic mass is 79.9. The van der Waals surface area contributed by atoms with Crippen LogP contribution in [0, 0.1) is 17.8 Å². The molecule has 1 N–H and O–H groups in total. The Kier molecular flexibility index (Phi) is 7.22. The predicted octanol–water partition coefficient (Wildman–Crippen LogP) is 5.24. The number of fused-ring (bicyclic) bond motifs is 4. The molecule has 6 atom stereocenters. The first-order valence-electron chi connectivity index (χ1n) is 13.8. The van der Waals surface area contributed by atoms with E-state index in [0.29, 0.717) is 34.4 Å². The maximum atomic E-state index is 14.1. The fourth-order valence-corrected chi connectivity index (χ4v) is 8.78. The summed E-state index contributed by atoms with van der Waals surface area (Å²) in [7, 11) is 0. The first-order valence-corrected chi connectivity index (χ1v) is 15.7. The van der Waals surface area contributed by atoms with E-state index < -0.39 is 57.0 Å². The molecular formula is C32H27BrCl2N2O6. The summed E-state index contributed by atoms with van der Waals surface area (Å²) in [6.45, 7) is 5.18. The number of allylic oxidation sites excluding steroid dienone is 3. The number of Topliss-reactive ketones (excluding diaryl/α,β-unsaturated/α-hetero) is 1. The van der Waals surface area contributed by atoms with Gasteiger partial charge in [-0.25, -0.2) is 0 Å². The van der Waals surface area contributed by atoms with E-state index in [4.69, 9.17) is 23.2 Å². The second-order valence-electron chi connectivity index (χ2n) is 11.4. The summed E-state index contributed by atoms with van der Waals surface area (Å²) in [4.78, 5) is 65.5. The predicted molar refractivity (Wildman–Crippen MR) is 164 cm³/mol. The monoisotopic (exact) mass is 684 g/mol. The van der Waals surface area contributed by atoms with Crippen LogP contribution in [-0.4, -0.2) is 54.6 Å². The topological polar surface area (TPSA) is 112 Å². The Morgan fingerprint density at radius 1 is 1.07 bits per heavy atom. The second kappa shape index (κ2) is 10.4. The van der Waals surface area contributed by atoms with Crippen LogP contribution in [0.3, 0.4) is 0 Å². The minimum absolute atomic E-state index is 0.103. The first kappa shape index (κ1) is 29.8. The molecule has 6 unspecified atom stereocenters. The molecule has 2 saturated heterocycles. The Hall–Kier alpha value is -3.27. The number of halogens is 3. The number of hydrogen-bond acceptors (Lipinski definition) is 6.